The quantitative estimate of drug-likeness (QED) is 0.346. The second kappa shape index (κ2) is 5.39. The molecule has 0 aromatic heterocycles. The van der Waals surface area contributed by atoms with Gasteiger partial charge in [0, 0.05) is 11.1 Å². The van der Waals surface area contributed by atoms with Crippen molar-refractivity contribution < 1.29 is 50.3 Å². The van der Waals surface area contributed by atoms with Crippen molar-refractivity contribution in [3.05, 3.63) is 33.4 Å². The molecular formula is C14H6F6O5. The van der Waals surface area contributed by atoms with Crippen LogP contribution < -0.4 is 0 Å². The molecule has 2 rings (SSSR count). The van der Waals surface area contributed by atoms with E-state index in [1.54, 1.807) is 0 Å². The normalized spacial score (nSPS) is 14.4. The monoisotopic (exact) mass is 368 g/mol. The Morgan fingerprint density at radius 2 is 1.00 bits per heavy atom. The summed E-state index contributed by atoms with van der Waals surface area (Å²) in [5.74, 6) is -7.01. The standard InChI is InChI=1S/C14H6F6O5/c1-3(21)5-6(4(2)22)10(14(18,19)20)8-7(9(5)13(15,16)17)11(23)25-12(8)24/h1-2H3. The number of hydrogen-bond acceptors (Lipinski definition) is 5. The largest absolute Gasteiger partial charge is 0.418 e. The molecule has 1 aromatic carbocycles. The number of hydrogen-bond donors (Lipinski definition) is 0. The Morgan fingerprint density at radius 1 is 0.720 bits per heavy atom. The van der Waals surface area contributed by atoms with Crippen LogP contribution in [0.1, 0.15) is 66.4 Å². The van der Waals surface area contributed by atoms with Crippen molar-refractivity contribution >= 4 is 23.5 Å². The zero-order chi connectivity index (χ0) is 19.5. The van der Waals surface area contributed by atoms with E-state index in [0.29, 0.717) is 13.8 Å². The highest BCUT2D eigenvalue weighted by Crippen LogP contribution is 2.47. The summed E-state index contributed by atoms with van der Waals surface area (Å²) in [5.41, 5.74) is -10.9. The predicted molar refractivity (Wildman–Crippen MR) is 66.2 cm³/mol. The number of rotatable bonds is 2. The Bertz CT molecular complexity index is 778. The van der Waals surface area contributed by atoms with Crippen LogP contribution in [0.4, 0.5) is 26.3 Å². The maximum absolute atomic E-state index is 13.4. The number of benzene rings is 1. The summed E-state index contributed by atoms with van der Waals surface area (Å²) < 4.78 is 84.1. The molecule has 0 spiro atoms. The summed E-state index contributed by atoms with van der Waals surface area (Å²) in [6.07, 6.45) is -11.0. The molecule has 0 bridgehead atoms. The van der Waals surface area contributed by atoms with Gasteiger partial charge in [0.2, 0.25) is 0 Å². The molecule has 1 aliphatic heterocycles. The van der Waals surface area contributed by atoms with Crippen LogP contribution >= 0.6 is 0 Å². The third kappa shape index (κ3) is 2.79. The molecule has 0 amide bonds. The minimum Gasteiger partial charge on any atom is -0.386 e. The van der Waals surface area contributed by atoms with Crippen molar-refractivity contribution in [2.45, 2.75) is 26.2 Å². The van der Waals surface area contributed by atoms with Gasteiger partial charge in [-0.05, 0) is 13.8 Å². The lowest BCUT2D eigenvalue weighted by Crippen LogP contribution is -2.26. The highest BCUT2D eigenvalue weighted by atomic mass is 19.4. The van der Waals surface area contributed by atoms with Crippen LogP contribution in [-0.2, 0) is 17.1 Å². The first-order valence-electron chi connectivity index (χ1n) is 6.36. The second-order valence-electron chi connectivity index (χ2n) is 5.03. The van der Waals surface area contributed by atoms with Gasteiger partial charge in [0.25, 0.3) is 0 Å². The summed E-state index contributed by atoms with van der Waals surface area (Å²) in [5, 5.41) is 0. The SMILES string of the molecule is CC(=O)c1c(C(C)=O)c(C(F)(F)F)c2c(c1C(F)(F)F)C(=O)OC2=O. The van der Waals surface area contributed by atoms with Crippen molar-refractivity contribution in [2.75, 3.05) is 0 Å². The minimum atomic E-state index is -5.50. The second-order valence-corrected chi connectivity index (χ2v) is 5.03. The van der Waals surface area contributed by atoms with Gasteiger partial charge in [-0.25, -0.2) is 9.59 Å². The zero-order valence-electron chi connectivity index (χ0n) is 12.3. The lowest BCUT2D eigenvalue weighted by Gasteiger charge is -2.21. The van der Waals surface area contributed by atoms with Gasteiger partial charge < -0.3 is 4.74 Å². The molecule has 0 saturated carbocycles. The molecule has 0 radical (unpaired) electrons. The fraction of sp³-hybridized carbons (Fsp3) is 0.286. The maximum Gasteiger partial charge on any atom is 0.418 e. The number of halogens is 6. The fourth-order valence-electron chi connectivity index (χ4n) is 2.62. The minimum absolute atomic E-state index is 0.506. The van der Waals surface area contributed by atoms with E-state index >= 15 is 0 Å². The lowest BCUT2D eigenvalue weighted by molar-refractivity contribution is -0.142. The Kier molecular flexibility index (Phi) is 4.02. The average Bonchev–Trinajstić information content (AvgIpc) is 2.68. The molecule has 5 nitrogen and oxygen atoms in total. The van der Waals surface area contributed by atoms with E-state index in [9.17, 15) is 45.5 Å². The molecule has 0 saturated heterocycles. The van der Waals surface area contributed by atoms with Gasteiger partial charge in [0.1, 0.15) is 0 Å². The Morgan fingerprint density at radius 3 is 1.20 bits per heavy atom. The number of carbonyl (C=O) groups excluding carboxylic acids is 4. The third-order valence-electron chi connectivity index (χ3n) is 3.36. The van der Waals surface area contributed by atoms with Gasteiger partial charge in [-0.2, -0.15) is 26.3 Å². The highest BCUT2D eigenvalue weighted by molar-refractivity contribution is 6.21. The highest BCUT2D eigenvalue weighted by Gasteiger charge is 2.53. The lowest BCUT2D eigenvalue weighted by atomic mass is 9.83. The number of alkyl halides is 6. The first-order valence-corrected chi connectivity index (χ1v) is 6.36. The van der Waals surface area contributed by atoms with Crippen molar-refractivity contribution in [1.29, 1.82) is 0 Å². The van der Waals surface area contributed by atoms with Crippen LogP contribution in [0.3, 0.4) is 0 Å². The topological polar surface area (TPSA) is 77.5 Å². The van der Waals surface area contributed by atoms with Crippen LogP contribution in [0.2, 0.25) is 0 Å². The van der Waals surface area contributed by atoms with Gasteiger partial charge in [-0.15, -0.1) is 0 Å². The summed E-state index contributed by atoms with van der Waals surface area (Å²) in [7, 11) is 0. The van der Waals surface area contributed by atoms with Gasteiger partial charge in [-0.3, -0.25) is 9.59 Å². The molecule has 1 heterocycles. The van der Waals surface area contributed by atoms with E-state index < -0.39 is 69.2 Å². The molecule has 0 aliphatic carbocycles. The molecule has 1 aromatic rings. The van der Waals surface area contributed by atoms with E-state index in [1.807, 2.05) is 0 Å². The van der Waals surface area contributed by atoms with Crippen LogP contribution in [-0.4, -0.2) is 23.5 Å². The summed E-state index contributed by atoms with van der Waals surface area (Å²) >= 11 is 0. The van der Waals surface area contributed by atoms with E-state index in [0.717, 1.165) is 0 Å². The van der Waals surface area contributed by atoms with Gasteiger partial charge in [-0.1, -0.05) is 0 Å². The molecule has 134 valence electrons. The number of Topliss-reactive ketones (excluding diaryl/α,β-unsaturated/α-hetero) is 2. The van der Waals surface area contributed by atoms with Crippen LogP contribution in [0.25, 0.3) is 0 Å². The van der Waals surface area contributed by atoms with Gasteiger partial charge in [0.05, 0.1) is 22.3 Å². The number of ketones is 2. The number of esters is 2. The molecule has 25 heavy (non-hydrogen) atoms. The fourth-order valence-corrected chi connectivity index (χ4v) is 2.62. The van der Waals surface area contributed by atoms with E-state index in [-0.39, 0.29) is 0 Å². The van der Waals surface area contributed by atoms with E-state index in [4.69, 9.17) is 0 Å². The number of cyclic esters (lactones) is 2. The Hall–Kier alpha value is -2.72. The van der Waals surface area contributed by atoms with E-state index in [1.165, 1.54) is 0 Å². The van der Waals surface area contributed by atoms with Crippen molar-refractivity contribution in [2.24, 2.45) is 0 Å². The molecular weight excluding hydrogens is 362 g/mol. The molecule has 1 aliphatic rings. The molecule has 0 N–H and O–H groups in total. The van der Waals surface area contributed by atoms with Gasteiger partial charge in [0.15, 0.2) is 11.6 Å². The first-order chi connectivity index (χ1) is 11.2. The first kappa shape index (κ1) is 18.6. The summed E-state index contributed by atoms with van der Waals surface area (Å²) in [6.45, 7) is 1.01. The van der Waals surface area contributed by atoms with Crippen molar-refractivity contribution in [3.8, 4) is 0 Å². The average molecular weight is 368 g/mol. The predicted octanol–water partition coefficient (Wildman–Crippen LogP) is 3.44. The maximum atomic E-state index is 13.4. The molecule has 0 unspecified atom stereocenters. The molecule has 0 atom stereocenters. The zero-order valence-corrected chi connectivity index (χ0v) is 12.3. The van der Waals surface area contributed by atoms with Gasteiger partial charge >= 0.3 is 24.3 Å². The Labute approximate surface area is 134 Å². The van der Waals surface area contributed by atoms with Crippen LogP contribution in [0, 0.1) is 0 Å². The summed E-state index contributed by atoms with van der Waals surface area (Å²) in [6, 6.07) is 0. The van der Waals surface area contributed by atoms with Crippen LogP contribution in [0.15, 0.2) is 0 Å². The Balaban J connectivity index is 3.28. The number of ether oxygens (including phenoxy) is 1. The number of carbonyl (C=O) groups is 4. The van der Waals surface area contributed by atoms with Crippen molar-refractivity contribution in [1.82, 2.24) is 0 Å². The summed E-state index contributed by atoms with van der Waals surface area (Å²) in [4.78, 5) is 46.4. The third-order valence-corrected chi connectivity index (χ3v) is 3.36. The van der Waals surface area contributed by atoms with Crippen molar-refractivity contribution in [3.63, 3.8) is 0 Å². The van der Waals surface area contributed by atoms with E-state index in [2.05, 4.69) is 4.74 Å². The smallest absolute Gasteiger partial charge is 0.386 e. The molecule has 11 heteroatoms. The number of fused-ring (bicyclic) bond motifs is 1. The van der Waals surface area contributed by atoms with Crippen LogP contribution in [0.5, 0.6) is 0 Å². The molecule has 0 fully saturated rings.